The van der Waals surface area contributed by atoms with Crippen molar-refractivity contribution >= 4 is 33.2 Å². The molecule has 0 saturated carbocycles. The Bertz CT molecular complexity index is 627. The minimum atomic E-state index is -0.0697. The largest absolute Gasteiger partial charge is 0.495 e. The number of nitrogens with one attached hydrogen (secondary N) is 2. The maximum Gasteiger partial charge on any atom is 0.221 e. The fourth-order valence-electron chi connectivity index (χ4n) is 1.92. The second kappa shape index (κ2) is 7.13. The van der Waals surface area contributed by atoms with Crippen molar-refractivity contribution in [2.24, 2.45) is 0 Å². The zero-order chi connectivity index (χ0) is 15.2. The van der Waals surface area contributed by atoms with Gasteiger partial charge in [-0.25, -0.2) is 0 Å². The van der Waals surface area contributed by atoms with Gasteiger partial charge in [0.25, 0.3) is 0 Å². The molecule has 0 unspecified atom stereocenters. The van der Waals surface area contributed by atoms with Crippen LogP contribution in [0.4, 0.5) is 11.4 Å². The second-order valence-corrected chi connectivity index (χ2v) is 5.49. The van der Waals surface area contributed by atoms with E-state index in [9.17, 15) is 4.79 Å². The number of hydrogen-bond donors (Lipinski definition) is 2. The Balaban J connectivity index is 2.03. The molecule has 0 atom stereocenters. The van der Waals surface area contributed by atoms with E-state index in [0.717, 1.165) is 27.2 Å². The molecule has 0 aliphatic heterocycles. The van der Waals surface area contributed by atoms with Crippen LogP contribution >= 0.6 is 15.9 Å². The van der Waals surface area contributed by atoms with Crippen molar-refractivity contribution in [3.63, 3.8) is 0 Å². The van der Waals surface area contributed by atoms with Crippen LogP contribution in [0.25, 0.3) is 0 Å². The van der Waals surface area contributed by atoms with Gasteiger partial charge in [0.2, 0.25) is 5.91 Å². The third-order valence-electron chi connectivity index (χ3n) is 2.92. The summed E-state index contributed by atoms with van der Waals surface area (Å²) in [5.41, 5.74) is 2.84. The zero-order valence-corrected chi connectivity index (χ0v) is 13.5. The van der Waals surface area contributed by atoms with E-state index >= 15 is 0 Å². The van der Waals surface area contributed by atoms with Crippen LogP contribution in [-0.4, -0.2) is 13.0 Å². The minimum Gasteiger partial charge on any atom is -0.495 e. The summed E-state index contributed by atoms with van der Waals surface area (Å²) >= 11 is 3.45. The van der Waals surface area contributed by atoms with Crippen LogP contribution in [0.2, 0.25) is 0 Å². The Kier molecular flexibility index (Phi) is 5.22. The van der Waals surface area contributed by atoms with Crippen LogP contribution < -0.4 is 15.4 Å². The number of benzene rings is 2. The molecular weight excluding hydrogens is 332 g/mol. The van der Waals surface area contributed by atoms with Gasteiger partial charge in [0.15, 0.2) is 0 Å². The monoisotopic (exact) mass is 348 g/mol. The van der Waals surface area contributed by atoms with Gasteiger partial charge in [0.05, 0.1) is 12.8 Å². The fourth-order valence-corrected chi connectivity index (χ4v) is 2.29. The Morgan fingerprint density at radius 3 is 2.52 bits per heavy atom. The first-order valence-electron chi connectivity index (χ1n) is 6.52. The number of hydrogen-bond acceptors (Lipinski definition) is 3. The van der Waals surface area contributed by atoms with Gasteiger partial charge in [-0.15, -0.1) is 0 Å². The molecule has 0 heterocycles. The molecule has 2 aromatic carbocycles. The number of methoxy groups -OCH3 is 1. The highest BCUT2D eigenvalue weighted by Crippen LogP contribution is 2.28. The maximum absolute atomic E-state index is 11.0. The van der Waals surface area contributed by atoms with Gasteiger partial charge in [-0.1, -0.05) is 28.1 Å². The van der Waals surface area contributed by atoms with Gasteiger partial charge in [-0.3, -0.25) is 4.79 Å². The molecule has 21 heavy (non-hydrogen) atoms. The van der Waals surface area contributed by atoms with Crippen LogP contribution in [0, 0.1) is 0 Å². The lowest BCUT2D eigenvalue weighted by molar-refractivity contribution is -0.114. The Morgan fingerprint density at radius 1 is 1.19 bits per heavy atom. The molecule has 0 spiro atoms. The van der Waals surface area contributed by atoms with Crippen molar-refractivity contribution < 1.29 is 9.53 Å². The molecule has 0 fully saturated rings. The SMILES string of the molecule is COc1ccc(Br)cc1NCc1ccc(NC(C)=O)cc1. The third-order valence-corrected chi connectivity index (χ3v) is 3.41. The number of rotatable bonds is 5. The maximum atomic E-state index is 11.0. The molecular formula is C16H17BrN2O2. The van der Waals surface area contributed by atoms with Crippen LogP contribution in [-0.2, 0) is 11.3 Å². The molecule has 0 aliphatic carbocycles. The Morgan fingerprint density at radius 2 is 1.90 bits per heavy atom. The van der Waals surface area contributed by atoms with E-state index in [-0.39, 0.29) is 5.91 Å². The van der Waals surface area contributed by atoms with E-state index < -0.39 is 0 Å². The molecule has 0 radical (unpaired) electrons. The predicted molar refractivity (Wildman–Crippen MR) is 88.8 cm³/mol. The highest BCUT2D eigenvalue weighted by Gasteiger charge is 2.03. The van der Waals surface area contributed by atoms with Crippen LogP contribution in [0.1, 0.15) is 12.5 Å². The van der Waals surface area contributed by atoms with E-state index in [2.05, 4.69) is 26.6 Å². The lowest BCUT2D eigenvalue weighted by Crippen LogP contribution is -2.06. The van der Waals surface area contributed by atoms with Crippen molar-refractivity contribution in [3.8, 4) is 5.75 Å². The first kappa shape index (κ1) is 15.4. The van der Waals surface area contributed by atoms with E-state index in [4.69, 9.17) is 4.74 Å². The first-order valence-corrected chi connectivity index (χ1v) is 7.31. The van der Waals surface area contributed by atoms with Gasteiger partial charge in [0.1, 0.15) is 5.75 Å². The number of carbonyl (C=O) groups is 1. The molecule has 0 bridgehead atoms. The second-order valence-electron chi connectivity index (χ2n) is 4.58. The molecule has 0 saturated heterocycles. The average molecular weight is 349 g/mol. The van der Waals surface area contributed by atoms with Crippen molar-refractivity contribution in [2.75, 3.05) is 17.7 Å². The normalized spacial score (nSPS) is 10.0. The quantitative estimate of drug-likeness (QED) is 0.857. The predicted octanol–water partition coefficient (Wildman–Crippen LogP) is 4.03. The molecule has 110 valence electrons. The van der Waals surface area contributed by atoms with E-state index in [1.165, 1.54) is 6.92 Å². The molecule has 2 rings (SSSR count). The number of carbonyl (C=O) groups excluding carboxylic acids is 1. The summed E-state index contributed by atoms with van der Waals surface area (Å²) in [6, 6.07) is 13.5. The fraction of sp³-hybridized carbons (Fsp3) is 0.188. The van der Waals surface area contributed by atoms with E-state index in [1.54, 1.807) is 7.11 Å². The summed E-state index contributed by atoms with van der Waals surface area (Å²) in [5, 5.41) is 6.09. The van der Waals surface area contributed by atoms with Crippen LogP contribution in [0.5, 0.6) is 5.75 Å². The molecule has 4 nitrogen and oxygen atoms in total. The number of ether oxygens (including phenoxy) is 1. The van der Waals surface area contributed by atoms with Crippen molar-refractivity contribution in [3.05, 3.63) is 52.5 Å². The molecule has 2 N–H and O–H groups in total. The van der Waals surface area contributed by atoms with Gasteiger partial charge in [0, 0.05) is 23.6 Å². The summed E-state index contributed by atoms with van der Waals surface area (Å²) < 4.78 is 6.31. The van der Waals surface area contributed by atoms with E-state index in [1.807, 2.05) is 42.5 Å². The Labute approximate surface area is 132 Å². The summed E-state index contributed by atoms with van der Waals surface area (Å²) in [6.45, 7) is 2.17. The van der Waals surface area contributed by atoms with Gasteiger partial charge < -0.3 is 15.4 Å². The third kappa shape index (κ3) is 4.49. The zero-order valence-electron chi connectivity index (χ0n) is 11.9. The van der Waals surface area contributed by atoms with Crippen molar-refractivity contribution in [1.29, 1.82) is 0 Å². The van der Waals surface area contributed by atoms with Crippen molar-refractivity contribution in [1.82, 2.24) is 0 Å². The minimum absolute atomic E-state index is 0.0697. The molecule has 0 aliphatic rings. The lowest BCUT2D eigenvalue weighted by Gasteiger charge is -2.12. The molecule has 5 heteroatoms. The number of amides is 1. The Hall–Kier alpha value is -2.01. The van der Waals surface area contributed by atoms with Gasteiger partial charge in [-0.05, 0) is 35.9 Å². The summed E-state index contributed by atoms with van der Waals surface area (Å²) in [6.07, 6.45) is 0. The average Bonchev–Trinajstić information content (AvgIpc) is 2.46. The van der Waals surface area contributed by atoms with Gasteiger partial charge in [-0.2, -0.15) is 0 Å². The van der Waals surface area contributed by atoms with E-state index in [0.29, 0.717) is 6.54 Å². The first-order chi connectivity index (χ1) is 10.1. The summed E-state index contributed by atoms with van der Waals surface area (Å²) in [5.74, 6) is 0.729. The lowest BCUT2D eigenvalue weighted by atomic mass is 10.2. The molecule has 0 aromatic heterocycles. The summed E-state index contributed by atoms with van der Waals surface area (Å²) in [4.78, 5) is 11.0. The standard InChI is InChI=1S/C16H17BrN2O2/c1-11(20)19-14-6-3-12(4-7-14)10-18-15-9-13(17)5-8-16(15)21-2/h3-9,18H,10H2,1-2H3,(H,19,20). The highest BCUT2D eigenvalue weighted by molar-refractivity contribution is 9.10. The van der Waals surface area contributed by atoms with Crippen molar-refractivity contribution in [2.45, 2.75) is 13.5 Å². The van der Waals surface area contributed by atoms with Crippen LogP contribution in [0.3, 0.4) is 0 Å². The summed E-state index contributed by atoms with van der Waals surface area (Å²) in [7, 11) is 1.65. The smallest absolute Gasteiger partial charge is 0.221 e. The highest BCUT2D eigenvalue weighted by atomic mass is 79.9. The van der Waals surface area contributed by atoms with Crippen LogP contribution in [0.15, 0.2) is 46.9 Å². The number of halogens is 1. The molecule has 1 amide bonds. The topological polar surface area (TPSA) is 50.4 Å². The van der Waals surface area contributed by atoms with Gasteiger partial charge >= 0.3 is 0 Å². The molecule has 2 aromatic rings. The number of anilines is 2.